The van der Waals surface area contributed by atoms with E-state index in [2.05, 4.69) is 140 Å². The summed E-state index contributed by atoms with van der Waals surface area (Å²) in [6, 6.07) is 67.9. The second kappa shape index (κ2) is 13.8. The summed E-state index contributed by atoms with van der Waals surface area (Å²) in [5, 5.41) is 1.96. The fourth-order valence-electron chi connectivity index (χ4n) is 8.80. The minimum atomic E-state index is -0.0836. The first-order valence-electron chi connectivity index (χ1n) is 20.0. The van der Waals surface area contributed by atoms with Crippen LogP contribution in [-0.2, 0) is 5.41 Å². The van der Waals surface area contributed by atoms with Gasteiger partial charge in [-0.05, 0) is 75.8 Å². The van der Waals surface area contributed by atoms with E-state index in [0.717, 1.165) is 55.7 Å². The Morgan fingerprint density at radius 2 is 0.915 bits per heavy atom. The van der Waals surface area contributed by atoms with E-state index in [4.69, 9.17) is 19.4 Å². The molecular formula is C54H38N4O. The molecule has 2 heterocycles. The number of hydrogen-bond acceptors (Lipinski definition) is 5. The van der Waals surface area contributed by atoms with Gasteiger partial charge in [0, 0.05) is 56.0 Å². The zero-order chi connectivity index (χ0) is 39.5. The van der Waals surface area contributed by atoms with Gasteiger partial charge >= 0.3 is 0 Å². The quantitative estimate of drug-likeness (QED) is 0.162. The number of benzene rings is 8. The van der Waals surface area contributed by atoms with Gasteiger partial charge in [0.05, 0.1) is 0 Å². The number of rotatable bonds is 7. The molecule has 10 aromatic rings. The molecule has 5 heteroatoms. The lowest BCUT2D eigenvalue weighted by Crippen LogP contribution is -2.15. The summed E-state index contributed by atoms with van der Waals surface area (Å²) in [7, 11) is 0. The van der Waals surface area contributed by atoms with Crippen molar-refractivity contribution >= 4 is 39.0 Å². The summed E-state index contributed by atoms with van der Waals surface area (Å²) in [4.78, 5) is 17.4. The monoisotopic (exact) mass is 758 g/mol. The number of aromatic nitrogens is 3. The average Bonchev–Trinajstić information content (AvgIpc) is 3.78. The van der Waals surface area contributed by atoms with E-state index in [-0.39, 0.29) is 5.41 Å². The molecule has 11 rings (SSSR count). The first-order chi connectivity index (χ1) is 29.0. The Balaban J connectivity index is 1.07. The molecule has 2 aromatic heterocycles. The van der Waals surface area contributed by atoms with Gasteiger partial charge in [0.2, 0.25) is 0 Å². The summed E-state index contributed by atoms with van der Waals surface area (Å²) in [6.07, 6.45) is 0. The molecule has 0 atom stereocenters. The van der Waals surface area contributed by atoms with E-state index in [1.54, 1.807) is 0 Å². The second-order valence-electron chi connectivity index (χ2n) is 15.6. The third-order valence-corrected chi connectivity index (χ3v) is 11.7. The Hall–Kier alpha value is -7.63. The largest absolute Gasteiger partial charge is 0.456 e. The summed E-state index contributed by atoms with van der Waals surface area (Å²) in [6.45, 7) is 4.65. The number of anilines is 3. The van der Waals surface area contributed by atoms with Gasteiger partial charge in [-0.2, -0.15) is 0 Å². The lowest BCUT2D eigenvalue weighted by Gasteiger charge is -2.27. The van der Waals surface area contributed by atoms with Crippen LogP contribution in [-0.4, -0.2) is 15.0 Å². The van der Waals surface area contributed by atoms with Crippen LogP contribution in [0.2, 0.25) is 0 Å². The van der Waals surface area contributed by atoms with Crippen molar-refractivity contribution in [1.29, 1.82) is 0 Å². The van der Waals surface area contributed by atoms with Crippen molar-refractivity contribution in [1.82, 2.24) is 15.0 Å². The summed E-state index contributed by atoms with van der Waals surface area (Å²) in [5.41, 5.74) is 14.9. The summed E-state index contributed by atoms with van der Waals surface area (Å²) < 4.78 is 6.73. The number of furan rings is 1. The first kappa shape index (κ1) is 34.6. The fourth-order valence-corrected chi connectivity index (χ4v) is 8.80. The SMILES string of the molecule is CC1(C)c2ccccc2-c2cc(N(c3ccc(-c4ccccc4)cc3)c3ccc4c(c3)oc3cccc(-c5nc(-c6ccccc6)nc(-c6ccccc6)n5)c34)ccc21. The fraction of sp³-hybridized carbons (Fsp3) is 0.0556. The Kier molecular flexibility index (Phi) is 8.09. The molecular weight excluding hydrogens is 721 g/mol. The van der Waals surface area contributed by atoms with Crippen molar-refractivity contribution in [3.63, 3.8) is 0 Å². The predicted molar refractivity (Wildman–Crippen MR) is 241 cm³/mol. The minimum absolute atomic E-state index is 0.0836. The van der Waals surface area contributed by atoms with Crippen LogP contribution in [0.4, 0.5) is 17.1 Å². The van der Waals surface area contributed by atoms with Crippen LogP contribution >= 0.6 is 0 Å². The molecule has 0 spiro atoms. The molecule has 0 bridgehead atoms. The van der Waals surface area contributed by atoms with E-state index in [9.17, 15) is 0 Å². The zero-order valence-electron chi connectivity index (χ0n) is 32.7. The van der Waals surface area contributed by atoms with Gasteiger partial charge in [-0.15, -0.1) is 0 Å². The van der Waals surface area contributed by atoms with Gasteiger partial charge in [0.25, 0.3) is 0 Å². The zero-order valence-corrected chi connectivity index (χ0v) is 32.7. The summed E-state index contributed by atoms with van der Waals surface area (Å²) >= 11 is 0. The lowest BCUT2D eigenvalue weighted by molar-refractivity contribution is 0.660. The normalized spacial score (nSPS) is 12.7. The van der Waals surface area contributed by atoms with Crippen LogP contribution < -0.4 is 4.90 Å². The maximum absolute atomic E-state index is 6.73. The van der Waals surface area contributed by atoms with Gasteiger partial charge in [-0.25, -0.2) is 15.0 Å². The molecule has 1 aliphatic rings. The number of nitrogens with zero attached hydrogens (tertiary/aromatic N) is 4. The molecule has 8 aromatic carbocycles. The highest BCUT2D eigenvalue weighted by molar-refractivity contribution is 6.12. The van der Waals surface area contributed by atoms with Gasteiger partial charge in [0.15, 0.2) is 17.5 Å². The molecule has 5 nitrogen and oxygen atoms in total. The van der Waals surface area contributed by atoms with Gasteiger partial charge < -0.3 is 9.32 Å². The molecule has 280 valence electrons. The molecule has 0 amide bonds. The van der Waals surface area contributed by atoms with Crippen LogP contribution in [0, 0.1) is 0 Å². The molecule has 1 aliphatic carbocycles. The molecule has 0 saturated heterocycles. The van der Waals surface area contributed by atoms with E-state index >= 15 is 0 Å². The van der Waals surface area contributed by atoms with Crippen LogP contribution in [0.25, 0.3) is 78.4 Å². The Morgan fingerprint density at radius 3 is 1.61 bits per heavy atom. The predicted octanol–water partition coefficient (Wildman–Crippen LogP) is 14.2. The Labute approximate surface area is 342 Å². The van der Waals surface area contributed by atoms with Gasteiger partial charge in [-0.1, -0.05) is 159 Å². The minimum Gasteiger partial charge on any atom is -0.456 e. The Morgan fingerprint density at radius 1 is 0.390 bits per heavy atom. The van der Waals surface area contributed by atoms with Crippen molar-refractivity contribution in [3.05, 3.63) is 205 Å². The molecule has 0 N–H and O–H groups in total. The first-order valence-corrected chi connectivity index (χ1v) is 20.0. The number of hydrogen-bond donors (Lipinski definition) is 0. The highest BCUT2D eigenvalue weighted by Gasteiger charge is 2.35. The van der Waals surface area contributed by atoms with Crippen molar-refractivity contribution in [2.45, 2.75) is 19.3 Å². The van der Waals surface area contributed by atoms with Crippen LogP contribution in [0.15, 0.2) is 199 Å². The maximum Gasteiger partial charge on any atom is 0.164 e. The second-order valence-corrected chi connectivity index (χ2v) is 15.6. The topological polar surface area (TPSA) is 55.1 Å². The standard InChI is InChI=1S/C54H38N4O/c1-54(2)46-23-13-12-21-42(46)45-33-40(30-32-47(45)54)58(39-27-25-36(26-28-39)35-15-6-3-7-16-35)41-29-31-43-49(34-41)59-48-24-14-22-44(50(43)48)53-56-51(37-17-8-4-9-18-37)55-52(57-53)38-19-10-5-11-20-38/h3-34H,1-2H3. The molecule has 59 heavy (non-hydrogen) atoms. The van der Waals surface area contributed by atoms with Gasteiger partial charge in [-0.3, -0.25) is 0 Å². The molecule has 0 aliphatic heterocycles. The molecule has 0 radical (unpaired) electrons. The molecule has 0 saturated carbocycles. The lowest BCUT2D eigenvalue weighted by atomic mass is 9.82. The van der Waals surface area contributed by atoms with E-state index in [0.29, 0.717) is 17.5 Å². The van der Waals surface area contributed by atoms with Crippen LogP contribution in [0.3, 0.4) is 0 Å². The third-order valence-electron chi connectivity index (χ3n) is 11.7. The van der Waals surface area contributed by atoms with E-state index in [1.807, 2.05) is 72.8 Å². The maximum atomic E-state index is 6.73. The average molecular weight is 759 g/mol. The van der Waals surface area contributed by atoms with Crippen molar-refractivity contribution in [3.8, 4) is 56.4 Å². The van der Waals surface area contributed by atoms with E-state index in [1.165, 1.54) is 33.4 Å². The van der Waals surface area contributed by atoms with E-state index < -0.39 is 0 Å². The van der Waals surface area contributed by atoms with Crippen molar-refractivity contribution in [2.75, 3.05) is 4.90 Å². The molecule has 0 unspecified atom stereocenters. The van der Waals surface area contributed by atoms with Crippen molar-refractivity contribution < 1.29 is 4.42 Å². The number of fused-ring (bicyclic) bond motifs is 6. The molecule has 0 fully saturated rings. The Bertz CT molecular complexity index is 3120. The third kappa shape index (κ3) is 5.90. The van der Waals surface area contributed by atoms with Gasteiger partial charge in [0.1, 0.15) is 11.2 Å². The van der Waals surface area contributed by atoms with Crippen molar-refractivity contribution in [2.24, 2.45) is 0 Å². The highest BCUT2D eigenvalue weighted by Crippen LogP contribution is 2.51. The van der Waals surface area contributed by atoms with Crippen LogP contribution in [0.1, 0.15) is 25.0 Å². The summed E-state index contributed by atoms with van der Waals surface area (Å²) in [5.74, 6) is 1.84. The smallest absolute Gasteiger partial charge is 0.164 e. The van der Waals surface area contributed by atoms with Crippen LogP contribution in [0.5, 0.6) is 0 Å². The highest BCUT2D eigenvalue weighted by atomic mass is 16.3.